The molecule has 0 aliphatic rings. The molecule has 2 N–H and O–H groups in total. The van der Waals surface area contributed by atoms with Crippen LogP contribution in [0.1, 0.15) is 5.56 Å². The third-order valence-corrected chi connectivity index (χ3v) is 5.78. The summed E-state index contributed by atoms with van der Waals surface area (Å²) in [5.41, 5.74) is 2.28. The van der Waals surface area contributed by atoms with Crippen molar-refractivity contribution in [3.05, 3.63) is 89.4 Å². The smallest absolute Gasteiger partial charge is 0.263 e. The van der Waals surface area contributed by atoms with Gasteiger partial charge in [0.1, 0.15) is 0 Å². The second kappa shape index (κ2) is 8.06. The number of hydrogen-bond donors (Lipinski definition) is 2. The van der Waals surface area contributed by atoms with Gasteiger partial charge in [-0.25, -0.2) is 18.4 Å². The van der Waals surface area contributed by atoms with Crippen LogP contribution in [0, 0.1) is 0 Å². The van der Waals surface area contributed by atoms with E-state index < -0.39 is 10.0 Å². The molecule has 0 saturated heterocycles. The van der Waals surface area contributed by atoms with E-state index in [1.54, 1.807) is 18.2 Å². The van der Waals surface area contributed by atoms with Crippen molar-refractivity contribution in [2.45, 2.75) is 11.4 Å². The molecule has 0 radical (unpaired) electrons. The number of halogens is 1. The first kappa shape index (κ1) is 19.2. The Balaban J connectivity index is 1.71. The number of para-hydroxylation sites is 2. The highest BCUT2D eigenvalue weighted by molar-refractivity contribution is 7.92. The molecular weight excluding hydrogens is 408 g/mol. The van der Waals surface area contributed by atoms with Gasteiger partial charge in [0.25, 0.3) is 10.0 Å². The Labute approximate surface area is 173 Å². The van der Waals surface area contributed by atoms with E-state index in [-0.39, 0.29) is 10.7 Å². The molecule has 0 saturated carbocycles. The number of sulfonamides is 1. The van der Waals surface area contributed by atoms with E-state index >= 15 is 0 Å². The predicted molar refractivity (Wildman–Crippen MR) is 116 cm³/mol. The first-order valence-electron chi connectivity index (χ1n) is 8.84. The summed E-state index contributed by atoms with van der Waals surface area (Å²) in [5.74, 6) is 0.470. The minimum absolute atomic E-state index is 0.0500. The van der Waals surface area contributed by atoms with Gasteiger partial charge in [0.15, 0.2) is 11.6 Å². The third kappa shape index (κ3) is 4.47. The topological polar surface area (TPSA) is 84.0 Å². The van der Waals surface area contributed by atoms with Gasteiger partial charge in [0.2, 0.25) is 0 Å². The Morgan fingerprint density at radius 1 is 0.793 bits per heavy atom. The van der Waals surface area contributed by atoms with Crippen LogP contribution in [0.15, 0.2) is 83.8 Å². The number of rotatable bonds is 6. The second-order valence-electron chi connectivity index (χ2n) is 6.31. The Bertz CT molecular complexity index is 1260. The van der Waals surface area contributed by atoms with E-state index in [4.69, 9.17) is 11.6 Å². The Kier molecular flexibility index (Phi) is 5.33. The molecule has 0 fully saturated rings. The summed E-state index contributed by atoms with van der Waals surface area (Å²) >= 11 is 5.95. The highest BCUT2D eigenvalue weighted by Gasteiger charge is 2.19. The van der Waals surface area contributed by atoms with Crippen molar-refractivity contribution in [2.24, 2.45) is 0 Å². The molecule has 0 atom stereocenters. The number of benzene rings is 3. The fraction of sp³-hybridized carbons (Fsp3) is 0.0476. The highest BCUT2D eigenvalue weighted by Crippen LogP contribution is 2.25. The largest absolute Gasteiger partial charge is 0.363 e. The van der Waals surface area contributed by atoms with Crippen molar-refractivity contribution in [3.8, 4) is 0 Å². The molecule has 8 heteroatoms. The molecule has 4 rings (SSSR count). The maximum absolute atomic E-state index is 12.9. The Morgan fingerprint density at radius 3 is 2.14 bits per heavy atom. The number of nitrogens with zero attached hydrogens (tertiary/aromatic N) is 2. The van der Waals surface area contributed by atoms with E-state index in [9.17, 15) is 8.42 Å². The van der Waals surface area contributed by atoms with Gasteiger partial charge in [-0.05, 0) is 35.9 Å². The van der Waals surface area contributed by atoms with Gasteiger partial charge in [0.05, 0.1) is 15.9 Å². The molecule has 0 unspecified atom stereocenters. The van der Waals surface area contributed by atoms with Crippen LogP contribution in [-0.4, -0.2) is 18.4 Å². The second-order valence-corrected chi connectivity index (χ2v) is 8.43. The first-order chi connectivity index (χ1) is 14.0. The Hall–Kier alpha value is -3.16. The van der Waals surface area contributed by atoms with Crippen molar-refractivity contribution in [2.75, 3.05) is 10.0 Å². The molecule has 0 spiro atoms. The summed E-state index contributed by atoms with van der Waals surface area (Å²) in [4.78, 5) is 9.08. The normalized spacial score (nSPS) is 11.3. The van der Waals surface area contributed by atoms with Gasteiger partial charge in [-0.1, -0.05) is 60.1 Å². The third-order valence-electron chi connectivity index (χ3n) is 4.21. The summed E-state index contributed by atoms with van der Waals surface area (Å²) in [7, 11) is -3.89. The lowest BCUT2D eigenvalue weighted by molar-refractivity contribution is 0.601. The molecule has 146 valence electrons. The van der Waals surface area contributed by atoms with Crippen LogP contribution in [0.3, 0.4) is 0 Å². The Morgan fingerprint density at radius 2 is 1.45 bits per heavy atom. The summed E-state index contributed by atoms with van der Waals surface area (Å²) in [5, 5.41) is 3.51. The zero-order valence-corrected chi connectivity index (χ0v) is 16.8. The maximum Gasteiger partial charge on any atom is 0.263 e. The van der Waals surface area contributed by atoms with Crippen LogP contribution in [0.2, 0.25) is 5.02 Å². The zero-order chi connectivity index (χ0) is 20.3. The quantitative estimate of drug-likeness (QED) is 0.468. The molecular formula is C21H17ClN4O2S. The molecule has 1 aromatic heterocycles. The van der Waals surface area contributed by atoms with Crippen LogP contribution in [0.4, 0.5) is 11.6 Å². The van der Waals surface area contributed by atoms with E-state index in [0.717, 1.165) is 5.56 Å². The van der Waals surface area contributed by atoms with Gasteiger partial charge in [0, 0.05) is 11.6 Å². The summed E-state index contributed by atoms with van der Waals surface area (Å²) in [6.45, 7) is 0.472. The monoisotopic (exact) mass is 424 g/mol. The average Bonchev–Trinajstić information content (AvgIpc) is 2.73. The molecule has 0 aliphatic carbocycles. The van der Waals surface area contributed by atoms with Crippen LogP contribution in [-0.2, 0) is 16.6 Å². The zero-order valence-electron chi connectivity index (χ0n) is 15.2. The van der Waals surface area contributed by atoms with Gasteiger partial charge >= 0.3 is 0 Å². The first-order valence-corrected chi connectivity index (χ1v) is 10.7. The molecule has 4 aromatic rings. The van der Waals surface area contributed by atoms with Crippen LogP contribution in [0.5, 0.6) is 0 Å². The molecule has 0 bridgehead atoms. The number of anilines is 2. The molecule has 0 amide bonds. The SMILES string of the molecule is O=S(=O)(Nc1nc2ccccc2nc1NCc1ccccc1)c1cccc(Cl)c1. The maximum atomic E-state index is 12.9. The standard InChI is InChI=1S/C21H17ClN4O2S/c22-16-9-6-10-17(13-16)29(27,28)26-21-20(23-14-15-7-2-1-3-8-15)24-18-11-4-5-12-19(18)25-21/h1-13H,14H2,(H,23,24)(H,25,26). The lowest BCUT2D eigenvalue weighted by Crippen LogP contribution is -2.16. The molecule has 3 aromatic carbocycles. The van der Waals surface area contributed by atoms with Crippen molar-refractivity contribution < 1.29 is 8.42 Å². The molecule has 29 heavy (non-hydrogen) atoms. The van der Waals surface area contributed by atoms with E-state index in [1.807, 2.05) is 48.5 Å². The van der Waals surface area contributed by atoms with Crippen LogP contribution >= 0.6 is 11.6 Å². The fourth-order valence-corrected chi connectivity index (χ4v) is 4.11. The molecule has 0 aliphatic heterocycles. The highest BCUT2D eigenvalue weighted by atomic mass is 35.5. The van der Waals surface area contributed by atoms with Crippen LogP contribution < -0.4 is 10.0 Å². The number of aromatic nitrogens is 2. The van der Waals surface area contributed by atoms with Gasteiger partial charge in [-0.3, -0.25) is 4.72 Å². The number of hydrogen-bond acceptors (Lipinski definition) is 5. The lowest BCUT2D eigenvalue weighted by atomic mass is 10.2. The van der Waals surface area contributed by atoms with Crippen molar-refractivity contribution >= 4 is 44.3 Å². The molecule has 6 nitrogen and oxygen atoms in total. The van der Waals surface area contributed by atoms with Gasteiger partial charge in [-0.2, -0.15) is 0 Å². The van der Waals surface area contributed by atoms with E-state index in [1.165, 1.54) is 12.1 Å². The summed E-state index contributed by atoms with van der Waals surface area (Å²) in [6, 6.07) is 23.1. The molecule has 1 heterocycles. The van der Waals surface area contributed by atoms with Crippen molar-refractivity contribution in [1.82, 2.24) is 9.97 Å². The summed E-state index contributed by atoms with van der Waals surface area (Å²) in [6.07, 6.45) is 0. The van der Waals surface area contributed by atoms with Gasteiger partial charge < -0.3 is 5.32 Å². The lowest BCUT2D eigenvalue weighted by Gasteiger charge is -2.14. The average molecular weight is 425 g/mol. The van der Waals surface area contributed by atoms with Crippen molar-refractivity contribution in [3.63, 3.8) is 0 Å². The van der Waals surface area contributed by atoms with E-state index in [2.05, 4.69) is 20.0 Å². The number of fused-ring (bicyclic) bond motifs is 1. The van der Waals surface area contributed by atoms with Crippen LogP contribution in [0.25, 0.3) is 11.0 Å². The van der Waals surface area contributed by atoms with Gasteiger partial charge in [-0.15, -0.1) is 0 Å². The van der Waals surface area contributed by atoms with Crippen molar-refractivity contribution in [1.29, 1.82) is 0 Å². The van der Waals surface area contributed by atoms with E-state index in [0.29, 0.717) is 28.4 Å². The minimum atomic E-state index is -3.89. The number of nitrogens with one attached hydrogen (secondary N) is 2. The summed E-state index contributed by atoms with van der Waals surface area (Å²) < 4.78 is 28.2. The minimum Gasteiger partial charge on any atom is -0.363 e. The fourth-order valence-electron chi connectivity index (χ4n) is 2.80. The predicted octanol–water partition coefficient (Wildman–Crippen LogP) is 4.70.